The molecule has 1 aromatic heterocycles. The minimum atomic E-state index is -0.111. The molecule has 0 atom stereocenters. The molecule has 0 fully saturated rings. The number of methoxy groups -OCH3 is 1. The fourth-order valence-electron chi connectivity index (χ4n) is 1.96. The van der Waals surface area contributed by atoms with Gasteiger partial charge in [0.1, 0.15) is 5.82 Å². The summed E-state index contributed by atoms with van der Waals surface area (Å²) in [6.07, 6.45) is 2.59. The van der Waals surface area contributed by atoms with E-state index in [0.717, 1.165) is 30.2 Å². The van der Waals surface area contributed by atoms with Crippen LogP contribution in [0.25, 0.3) is 0 Å². The van der Waals surface area contributed by atoms with Gasteiger partial charge in [0.15, 0.2) is 0 Å². The lowest BCUT2D eigenvalue weighted by molar-refractivity contribution is -0.114. The molecule has 1 heterocycles. The summed E-state index contributed by atoms with van der Waals surface area (Å²) in [7, 11) is 1.68. The Morgan fingerprint density at radius 2 is 2.09 bits per heavy atom. The zero-order chi connectivity index (χ0) is 16.5. The summed E-state index contributed by atoms with van der Waals surface area (Å²) in [5, 5.41) is 9.07. The Bertz CT molecular complexity index is 648. The molecule has 0 saturated carbocycles. The summed E-state index contributed by atoms with van der Waals surface area (Å²) in [6, 6.07) is 9.18. The molecule has 2 aromatic rings. The highest BCUT2D eigenvalue weighted by atomic mass is 16.5. The highest BCUT2D eigenvalue weighted by Gasteiger charge is 2.02. The van der Waals surface area contributed by atoms with Crippen molar-refractivity contribution in [3.63, 3.8) is 0 Å². The third-order valence-corrected chi connectivity index (χ3v) is 2.93. The van der Waals surface area contributed by atoms with Gasteiger partial charge in [-0.1, -0.05) is 6.07 Å². The quantitative estimate of drug-likeness (QED) is 0.649. The number of rotatable bonds is 8. The summed E-state index contributed by atoms with van der Waals surface area (Å²) in [5.41, 5.74) is 1.52. The fourth-order valence-corrected chi connectivity index (χ4v) is 1.96. The first-order chi connectivity index (χ1) is 11.2. The van der Waals surface area contributed by atoms with Crippen LogP contribution in [0.4, 0.5) is 23.1 Å². The monoisotopic (exact) mass is 315 g/mol. The second-order valence-corrected chi connectivity index (χ2v) is 4.93. The lowest BCUT2D eigenvalue weighted by Crippen LogP contribution is -2.08. The molecule has 3 N–H and O–H groups in total. The Morgan fingerprint density at radius 3 is 2.87 bits per heavy atom. The van der Waals surface area contributed by atoms with E-state index in [1.54, 1.807) is 13.3 Å². The highest BCUT2D eigenvalue weighted by Crippen LogP contribution is 2.18. The van der Waals surface area contributed by atoms with E-state index in [1.807, 2.05) is 30.3 Å². The molecule has 122 valence electrons. The van der Waals surface area contributed by atoms with E-state index in [-0.39, 0.29) is 5.91 Å². The van der Waals surface area contributed by atoms with Crippen molar-refractivity contribution in [2.45, 2.75) is 13.3 Å². The largest absolute Gasteiger partial charge is 0.385 e. The van der Waals surface area contributed by atoms with Crippen LogP contribution in [0, 0.1) is 0 Å². The van der Waals surface area contributed by atoms with E-state index in [1.165, 1.54) is 6.92 Å². The van der Waals surface area contributed by atoms with Crippen LogP contribution >= 0.6 is 0 Å². The van der Waals surface area contributed by atoms with Gasteiger partial charge in [0, 0.05) is 44.8 Å². The average Bonchev–Trinajstić information content (AvgIpc) is 2.52. The van der Waals surface area contributed by atoms with Crippen molar-refractivity contribution in [1.82, 2.24) is 9.97 Å². The topological polar surface area (TPSA) is 88.2 Å². The Hall–Kier alpha value is -2.67. The number of nitrogens with zero attached hydrogens (tertiary/aromatic N) is 2. The molecule has 23 heavy (non-hydrogen) atoms. The molecule has 0 unspecified atom stereocenters. The van der Waals surface area contributed by atoms with E-state index >= 15 is 0 Å². The first-order valence-electron chi connectivity index (χ1n) is 7.38. The molecule has 7 nitrogen and oxygen atoms in total. The number of ether oxygens (including phenoxy) is 1. The van der Waals surface area contributed by atoms with Gasteiger partial charge in [-0.3, -0.25) is 4.79 Å². The summed E-state index contributed by atoms with van der Waals surface area (Å²) < 4.78 is 5.01. The molecule has 2 rings (SSSR count). The molecule has 1 aromatic carbocycles. The second kappa shape index (κ2) is 8.70. The molecule has 7 heteroatoms. The number of nitrogens with one attached hydrogen (secondary N) is 3. The summed E-state index contributed by atoms with van der Waals surface area (Å²) in [4.78, 5) is 19.7. The Labute approximate surface area is 135 Å². The third kappa shape index (κ3) is 5.91. The highest BCUT2D eigenvalue weighted by molar-refractivity contribution is 5.89. The van der Waals surface area contributed by atoms with E-state index in [2.05, 4.69) is 25.9 Å². The fraction of sp³-hybridized carbons (Fsp3) is 0.312. The standard InChI is InChI=1S/C16H21N5O2/c1-12(22)19-13-5-3-6-14(11-13)20-16-18-9-7-15(21-16)17-8-4-10-23-2/h3,5-7,9,11H,4,8,10H2,1-2H3,(H,19,22)(H2,17,18,20,21). The number of hydrogen-bond acceptors (Lipinski definition) is 6. The van der Waals surface area contributed by atoms with Crippen LogP contribution in [0.3, 0.4) is 0 Å². The maximum atomic E-state index is 11.1. The number of anilines is 4. The SMILES string of the molecule is COCCCNc1ccnc(Nc2cccc(NC(C)=O)c2)n1. The molecule has 0 bridgehead atoms. The van der Waals surface area contributed by atoms with Crippen molar-refractivity contribution in [3.05, 3.63) is 36.5 Å². The van der Waals surface area contributed by atoms with Crippen molar-refractivity contribution in [2.24, 2.45) is 0 Å². The van der Waals surface area contributed by atoms with Gasteiger partial charge in [-0.05, 0) is 30.7 Å². The predicted octanol–water partition coefficient (Wildman–Crippen LogP) is 2.63. The van der Waals surface area contributed by atoms with Gasteiger partial charge in [-0.15, -0.1) is 0 Å². The average molecular weight is 315 g/mol. The van der Waals surface area contributed by atoms with Gasteiger partial charge in [0.2, 0.25) is 11.9 Å². The number of benzene rings is 1. The number of amides is 1. The molecule has 0 radical (unpaired) electrons. The number of hydrogen-bond donors (Lipinski definition) is 3. The maximum absolute atomic E-state index is 11.1. The van der Waals surface area contributed by atoms with Crippen LogP contribution < -0.4 is 16.0 Å². The van der Waals surface area contributed by atoms with E-state index < -0.39 is 0 Å². The van der Waals surface area contributed by atoms with Gasteiger partial charge < -0.3 is 20.7 Å². The first kappa shape index (κ1) is 16.7. The van der Waals surface area contributed by atoms with E-state index in [0.29, 0.717) is 12.6 Å². The Balaban J connectivity index is 1.98. The Kier molecular flexibility index (Phi) is 6.31. The molecule has 0 spiro atoms. The lowest BCUT2D eigenvalue weighted by Gasteiger charge is -2.09. The van der Waals surface area contributed by atoms with Crippen LogP contribution in [0.2, 0.25) is 0 Å². The van der Waals surface area contributed by atoms with Gasteiger partial charge in [0.25, 0.3) is 0 Å². The van der Waals surface area contributed by atoms with Crippen molar-refractivity contribution >= 4 is 29.0 Å². The smallest absolute Gasteiger partial charge is 0.229 e. The summed E-state index contributed by atoms with van der Waals surface area (Å²) >= 11 is 0. The minimum Gasteiger partial charge on any atom is -0.385 e. The maximum Gasteiger partial charge on any atom is 0.229 e. The molecule has 0 aliphatic rings. The molecule has 0 aliphatic heterocycles. The molecular formula is C16H21N5O2. The van der Waals surface area contributed by atoms with Gasteiger partial charge >= 0.3 is 0 Å². The number of carbonyl (C=O) groups is 1. The second-order valence-electron chi connectivity index (χ2n) is 4.93. The Morgan fingerprint density at radius 1 is 1.26 bits per heavy atom. The zero-order valence-electron chi connectivity index (χ0n) is 13.3. The van der Waals surface area contributed by atoms with Gasteiger partial charge in [0.05, 0.1) is 0 Å². The van der Waals surface area contributed by atoms with Crippen LogP contribution in [-0.2, 0) is 9.53 Å². The van der Waals surface area contributed by atoms with Crippen LogP contribution in [-0.4, -0.2) is 36.1 Å². The van der Waals surface area contributed by atoms with E-state index in [4.69, 9.17) is 4.74 Å². The molecule has 1 amide bonds. The predicted molar refractivity (Wildman–Crippen MR) is 91.0 cm³/mol. The number of carbonyl (C=O) groups excluding carboxylic acids is 1. The molecule has 0 saturated heterocycles. The zero-order valence-corrected chi connectivity index (χ0v) is 13.3. The summed E-state index contributed by atoms with van der Waals surface area (Å²) in [5.74, 6) is 1.12. The van der Waals surface area contributed by atoms with Crippen molar-refractivity contribution in [1.29, 1.82) is 0 Å². The first-order valence-corrected chi connectivity index (χ1v) is 7.38. The van der Waals surface area contributed by atoms with Crippen molar-refractivity contribution in [2.75, 3.05) is 36.2 Å². The van der Waals surface area contributed by atoms with Crippen molar-refractivity contribution in [3.8, 4) is 0 Å². The lowest BCUT2D eigenvalue weighted by atomic mass is 10.3. The van der Waals surface area contributed by atoms with Gasteiger partial charge in [-0.2, -0.15) is 4.98 Å². The minimum absolute atomic E-state index is 0.111. The van der Waals surface area contributed by atoms with Gasteiger partial charge in [-0.25, -0.2) is 4.98 Å². The van der Waals surface area contributed by atoms with Crippen LogP contribution in [0.1, 0.15) is 13.3 Å². The van der Waals surface area contributed by atoms with Crippen LogP contribution in [0.15, 0.2) is 36.5 Å². The van der Waals surface area contributed by atoms with E-state index in [9.17, 15) is 4.79 Å². The van der Waals surface area contributed by atoms with Crippen molar-refractivity contribution < 1.29 is 9.53 Å². The summed E-state index contributed by atoms with van der Waals surface area (Å²) in [6.45, 7) is 2.96. The molecule has 0 aliphatic carbocycles. The number of aromatic nitrogens is 2. The normalized spacial score (nSPS) is 10.2. The van der Waals surface area contributed by atoms with Crippen LogP contribution in [0.5, 0.6) is 0 Å². The molecular weight excluding hydrogens is 294 g/mol. The third-order valence-electron chi connectivity index (χ3n) is 2.93.